The predicted molar refractivity (Wildman–Crippen MR) is 95.7 cm³/mol. The molecule has 0 saturated carbocycles. The number of ether oxygens (including phenoxy) is 1. The maximum atomic E-state index is 12.1. The number of anilines is 2. The van der Waals surface area contributed by atoms with Crippen molar-refractivity contribution >= 4 is 17.6 Å². The number of aromatic nitrogens is 3. The molecule has 25 heavy (non-hydrogen) atoms. The molecule has 2 heterocycles. The van der Waals surface area contributed by atoms with Gasteiger partial charge < -0.3 is 10.1 Å². The van der Waals surface area contributed by atoms with Crippen molar-refractivity contribution in [2.45, 2.75) is 13.8 Å². The summed E-state index contributed by atoms with van der Waals surface area (Å²) in [7, 11) is 0. The first-order chi connectivity index (χ1) is 12.2. The van der Waals surface area contributed by atoms with E-state index in [1.807, 2.05) is 37.3 Å². The largest absolute Gasteiger partial charge is 0.462 e. The van der Waals surface area contributed by atoms with Gasteiger partial charge in [0.05, 0.1) is 23.6 Å². The third-order valence-corrected chi connectivity index (χ3v) is 3.53. The molecule has 0 aliphatic rings. The molecule has 1 N–H and O–H groups in total. The van der Waals surface area contributed by atoms with Gasteiger partial charge in [-0.3, -0.25) is 4.98 Å². The van der Waals surface area contributed by atoms with Crippen LogP contribution in [0, 0.1) is 6.92 Å². The zero-order chi connectivity index (χ0) is 17.6. The number of rotatable bonds is 5. The first kappa shape index (κ1) is 16.6. The minimum absolute atomic E-state index is 0.319. The molecular formula is C19H18N4O2. The Morgan fingerprint density at radius 2 is 2.08 bits per heavy atom. The molecule has 0 bridgehead atoms. The van der Waals surface area contributed by atoms with Crippen LogP contribution in [0.5, 0.6) is 0 Å². The van der Waals surface area contributed by atoms with E-state index < -0.39 is 0 Å². The van der Waals surface area contributed by atoms with E-state index in [0.717, 1.165) is 16.8 Å². The topological polar surface area (TPSA) is 77.0 Å². The van der Waals surface area contributed by atoms with Crippen LogP contribution in [0.4, 0.5) is 11.6 Å². The maximum Gasteiger partial charge on any atom is 0.340 e. The summed E-state index contributed by atoms with van der Waals surface area (Å²) in [5.41, 5.74) is 3.71. The van der Waals surface area contributed by atoms with Crippen LogP contribution in [0.1, 0.15) is 22.8 Å². The number of nitrogens with one attached hydrogen (secondary N) is 1. The van der Waals surface area contributed by atoms with Crippen molar-refractivity contribution in [2.75, 3.05) is 11.9 Å². The average Bonchev–Trinajstić information content (AvgIpc) is 2.63. The van der Waals surface area contributed by atoms with Crippen LogP contribution in [-0.2, 0) is 4.74 Å². The van der Waals surface area contributed by atoms with Crippen molar-refractivity contribution in [3.05, 3.63) is 66.1 Å². The lowest BCUT2D eigenvalue weighted by Gasteiger charge is -2.12. The summed E-state index contributed by atoms with van der Waals surface area (Å²) in [4.78, 5) is 25.0. The fraction of sp³-hybridized carbons (Fsp3) is 0.158. The Balaban J connectivity index is 1.93. The van der Waals surface area contributed by atoms with E-state index in [1.54, 1.807) is 31.6 Å². The van der Waals surface area contributed by atoms with Crippen molar-refractivity contribution in [1.29, 1.82) is 0 Å². The van der Waals surface area contributed by atoms with Gasteiger partial charge >= 0.3 is 5.97 Å². The highest BCUT2D eigenvalue weighted by molar-refractivity contribution is 5.96. The second-order valence-electron chi connectivity index (χ2n) is 5.40. The van der Waals surface area contributed by atoms with E-state index in [9.17, 15) is 4.79 Å². The van der Waals surface area contributed by atoms with Gasteiger partial charge in [-0.25, -0.2) is 14.8 Å². The van der Waals surface area contributed by atoms with Crippen molar-refractivity contribution in [2.24, 2.45) is 0 Å². The van der Waals surface area contributed by atoms with Crippen LogP contribution in [-0.4, -0.2) is 27.5 Å². The van der Waals surface area contributed by atoms with Gasteiger partial charge in [-0.1, -0.05) is 6.07 Å². The number of carbonyl (C=O) groups excluding carboxylic acids is 1. The van der Waals surface area contributed by atoms with E-state index >= 15 is 0 Å². The molecular weight excluding hydrogens is 316 g/mol. The number of aryl methyl sites for hydroxylation is 1. The molecule has 0 unspecified atom stereocenters. The van der Waals surface area contributed by atoms with Gasteiger partial charge in [0.2, 0.25) is 5.95 Å². The van der Waals surface area contributed by atoms with Crippen LogP contribution in [0.2, 0.25) is 0 Å². The van der Waals surface area contributed by atoms with Crippen LogP contribution in [0.15, 0.2) is 55.0 Å². The number of esters is 1. The van der Waals surface area contributed by atoms with E-state index in [-0.39, 0.29) is 5.97 Å². The van der Waals surface area contributed by atoms with Crippen LogP contribution < -0.4 is 5.32 Å². The van der Waals surface area contributed by atoms with Gasteiger partial charge in [0, 0.05) is 24.2 Å². The van der Waals surface area contributed by atoms with Gasteiger partial charge in [0.25, 0.3) is 0 Å². The molecule has 1 aromatic carbocycles. The molecule has 0 amide bonds. The lowest BCUT2D eigenvalue weighted by Crippen LogP contribution is -2.09. The highest BCUT2D eigenvalue weighted by atomic mass is 16.5. The minimum Gasteiger partial charge on any atom is -0.462 e. The fourth-order valence-corrected chi connectivity index (χ4v) is 2.36. The quantitative estimate of drug-likeness (QED) is 0.716. The number of carbonyl (C=O) groups is 1. The molecule has 3 aromatic rings. The van der Waals surface area contributed by atoms with Crippen molar-refractivity contribution in [1.82, 2.24) is 15.0 Å². The molecule has 0 atom stereocenters. The number of pyridine rings is 1. The monoisotopic (exact) mass is 334 g/mol. The first-order valence-electron chi connectivity index (χ1n) is 7.95. The predicted octanol–water partition coefficient (Wildman–Crippen LogP) is 3.77. The summed E-state index contributed by atoms with van der Waals surface area (Å²) >= 11 is 0. The SMILES string of the molecule is CCOC(=O)c1ccc(C)cc1Nc1nccc(-c2cccnc2)n1. The lowest BCUT2D eigenvalue weighted by atomic mass is 10.1. The van der Waals surface area contributed by atoms with Crippen molar-refractivity contribution in [3.8, 4) is 11.3 Å². The summed E-state index contributed by atoms with van der Waals surface area (Å²) in [5.74, 6) is 0.0194. The average molecular weight is 334 g/mol. The van der Waals surface area contributed by atoms with Crippen LogP contribution in [0.25, 0.3) is 11.3 Å². The Bertz CT molecular complexity index is 882. The zero-order valence-electron chi connectivity index (χ0n) is 14.1. The Kier molecular flexibility index (Phi) is 4.99. The summed E-state index contributed by atoms with van der Waals surface area (Å²) in [6, 6.07) is 11.1. The highest BCUT2D eigenvalue weighted by Crippen LogP contribution is 2.23. The number of hydrogen-bond acceptors (Lipinski definition) is 6. The molecule has 6 nitrogen and oxygen atoms in total. The van der Waals surface area contributed by atoms with Gasteiger partial charge in [-0.05, 0) is 49.7 Å². The summed E-state index contributed by atoms with van der Waals surface area (Å²) in [5, 5.41) is 3.12. The Labute approximate surface area is 145 Å². The van der Waals surface area contributed by atoms with Gasteiger partial charge in [0.1, 0.15) is 0 Å². The molecule has 0 radical (unpaired) electrons. The molecule has 3 rings (SSSR count). The van der Waals surface area contributed by atoms with Gasteiger partial charge in [-0.15, -0.1) is 0 Å². The number of nitrogens with zero attached hydrogens (tertiary/aromatic N) is 3. The Morgan fingerprint density at radius 3 is 2.84 bits per heavy atom. The third kappa shape index (κ3) is 3.98. The lowest BCUT2D eigenvalue weighted by molar-refractivity contribution is 0.0527. The summed E-state index contributed by atoms with van der Waals surface area (Å²) < 4.78 is 5.11. The number of hydrogen-bond donors (Lipinski definition) is 1. The van der Waals surface area contributed by atoms with Crippen molar-refractivity contribution in [3.63, 3.8) is 0 Å². The third-order valence-electron chi connectivity index (χ3n) is 3.53. The van der Waals surface area contributed by atoms with Gasteiger partial charge in [0.15, 0.2) is 0 Å². The standard InChI is InChI=1S/C19H18N4O2/c1-3-25-18(24)15-7-6-13(2)11-17(15)23-19-21-10-8-16(22-19)14-5-4-9-20-12-14/h4-12H,3H2,1-2H3,(H,21,22,23). The normalized spacial score (nSPS) is 10.3. The molecule has 0 saturated heterocycles. The van der Waals surface area contributed by atoms with E-state index in [1.165, 1.54) is 0 Å². The smallest absolute Gasteiger partial charge is 0.340 e. The number of benzene rings is 1. The molecule has 126 valence electrons. The van der Waals surface area contributed by atoms with E-state index in [2.05, 4.69) is 20.3 Å². The van der Waals surface area contributed by atoms with Crippen LogP contribution in [0.3, 0.4) is 0 Å². The fourth-order valence-electron chi connectivity index (χ4n) is 2.36. The van der Waals surface area contributed by atoms with Crippen molar-refractivity contribution < 1.29 is 9.53 Å². The summed E-state index contributed by atoms with van der Waals surface area (Å²) in [6.07, 6.45) is 5.11. The Morgan fingerprint density at radius 1 is 1.20 bits per heavy atom. The van der Waals surface area contributed by atoms with E-state index in [0.29, 0.717) is 23.8 Å². The molecule has 0 aliphatic heterocycles. The molecule has 0 fully saturated rings. The molecule has 0 spiro atoms. The highest BCUT2D eigenvalue weighted by Gasteiger charge is 2.14. The molecule has 2 aromatic heterocycles. The second kappa shape index (κ2) is 7.53. The first-order valence-corrected chi connectivity index (χ1v) is 7.95. The summed E-state index contributed by atoms with van der Waals surface area (Å²) in [6.45, 7) is 4.05. The second-order valence-corrected chi connectivity index (χ2v) is 5.40. The van der Waals surface area contributed by atoms with E-state index in [4.69, 9.17) is 4.74 Å². The Hall–Kier alpha value is -3.28. The molecule has 6 heteroatoms. The van der Waals surface area contributed by atoms with Gasteiger partial charge in [-0.2, -0.15) is 0 Å². The van der Waals surface area contributed by atoms with Crippen LogP contribution >= 0.6 is 0 Å². The zero-order valence-corrected chi connectivity index (χ0v) is 14.1. The minimum atomic E-state index is -0.381. The molecule has 0 aliphatic carbocycles. The maximum absolute atomic E-state index is 12.1.